The van der Waals surface area contributed by atoms with E-state index in [1.807, 2.05) is 25.1 Å². The summed E-state index contributed by atoms with van der Waals surface area (Å²) >= 11 is 1.45. The van der Waals surface area contributed by atoms with Crippen molar-refractivity contribution in [2.75, 3.05) is 13.7 Å². The minimum absolute atomic E-state index is 0.481. The molecule has 2 aromatic rings. The lowest BCUT2D eigenvalue weighted by atomic mass is 10.2. The number of hydrogen-bond acceptors (Lipinski definition) is 5. The molecule has 1 aliphatic rings. The Balaban J connectivity index is 2.00. The van der Waals surface area contributed by atoms with Gasteiger partial charge in [0.05, 0.1) is 19.4 Å². The Morgan fingerprint density at radius 3 is 2.81 bits per heavy atom. The Labute approximate surface area is 128 Å². The fourth-order valence-electron chi connectivity index (χ4n) is 2.25. The maximum atomic E-state index is 9.25. The van der Waals surface area contributed by atoms with Crippen LogP contribution in [0.4, 0.5) is 0 Å². The number of benzene rings is 1. The molecule has 1 aliphatic carbocycles. The maximum Gasteiger partial charge on any atom is 0.161 e. The van der Waals surface area contributed by atoms with E-state index in [9.17, 15) is 5.26 Å². The van der Waals surface area contributed by atoms with Crippen LogP contribution in [0.1, 0.15) is 36.3 Å². The SMILES string of the molecule is CCOc1cc(-c2nc(C3CC3)c(C#N)s2)ccc1OC. The standard InChI is InChI=1S/C16H16N2O2S/c1-3-20-13-8-11(6-7-12(13)19-2)16-18-15(10-4-5-10)14(9-17)21-16/h6-8,10H,3-5H2,1-2H3. The third-order valence-electron chi connectivity index (χ3n) is 3.43. The molecule has 5 heteroatoms. The van der Waals surface area contributed by atoms with Gasteiger partial charge < -0.3 is 9.47 Å². The lowest BCUT2D eigenvalue weighted by Gasteiger charge is -2.10. The zero-order valence-electron chi connectivity index (χ0n) is 12.0. The van der Waals surface area contributed by atoms with Gasteiger partial charge in [-0.25, -0.2) is 4.98 Å². The monoisotopic (exact) mass is 300 g/mol. The number of nitrogens with zero attached hydrogens (tertiary/aromatic N) is 2. The Morgan fingerprint density at radius 1 is 1.38 bits per heavy atom. The highest BCUT2D eigenvalue weighted by molar-refractivity contribution is 7.15. The van der Waals surface area contributed by atoms with Crippen LogP contribution in [0.25, 0.3) is 10.6 Å². The van der Waals surface area contributed by atoms with Crippen molar-refractivity contribution < 1.29 is 9.47 Å². The summed E-state index contributed by atoms with van der Waals surface area (Å²) in [5.41, 5.74) is 1.93. The van der Waals surface area contributed by atoms with E-state index < -0.39 is 0 Å². The first-order valence-corrected chi connectivity index (χ1v) is 7.80. The summed E-state index contributed by atoms with van der Waals surface area (Å²) in [5, 5.41) is 10.1. The zero-order valence-corrected chi connectivity index (χ0v) is 12.9. The van der Waals surface area contributed by atoms with Gasteiger partial charge in [0, 0.05) is 11.5 Å². The first-order valence-electron chi connectivity index (χ1n) is 6.98. The molecular weight excluding hydrogens is 284 g/mol. The molecule has 1 saturated carbocycles. The molecule has 108 valence electrons. The molecule has 4 nitrogen and oxygen atoms in total. The number of methoxy groups -OCH3 is 1. The molecule has 0 unspecified atom stereocenters. The van der Waals surface area contributed by atoms with Gasteiger partial charge in [-0.3, -0.25) is 0 Å². The highest BCUT2D eigenvalue weighted by atomic mass is 32.1. The summed E-state index contributed by atoms with van der Waals surface area (Å²) in [6.07, 6.45) is 2.29. The summed E-state index contributed by atoms with van der Waals surface area (Å²) in [7, 11) is 1.62. The van der Waals surface area contributed by atoms with Crippen LogP contribution in [-0.4, -0.2) is 18.7 Å². The van der Waals surface area contributed by atoms with E-state index in [4.69, 9.17) is 9.47 Å². The van der Waals surface area contributed by atoms with Crippen molar-refractivity contribution in [3.63, 3.8) is 0 Å². The second kappa shape index (κ2) is 5.74. The van der Waals surface area contributed by atoms with Crippen LogP contribution >= 0.6 is 11.3 Å². The topological polar surface area (TPSA) is 55.1 Å². The molecule has 0 amide bonds. The summed E-state index contributed by atoms with van der Waals surface area (Å²) in [6, 6.07) is 8.03. The largest absolute Gasteiger partial charge is 0.493 e. The van der Waals surface area contributed by atoms with Crippen molar-refractivity contribution in [2.24, 2.45) is 0 Å². The molecule has 0 atom stereocenters. The van der Waals surface area contributed by atoms with E-state index in [2.05, 4.69) is 11.1 Å². The molecule has 0 bridgehead atoms. The third-order valence-corrected chi connectivity index (χ3v) is 4.45. The van der Waals surface area contributed by atoms with Crippen LogP contribution in [0.5, 0.6) is 11.5 Å². The quantitative estimate of drug-likeness (QED) is 0.838. The Bertz CT molecular complexity index is 699. The van der Waals surface area contributed by atoms with E-state index in [1.165, 1.54) is 11.3 Å². The zero-order chi connectivity index (χ0) is 14.8. The van der Waals surface area contributed by atoms with Crippen LogP contribution in [0.15, 0.2) is 18.2 Å². The molecular formula is C16H16N2O2S. The predicted molar refractivity (Wildman–Crippen MR) is 82.0 cm³/mol. The Morgan fingerprint density at radius 2 is 2.19 bits per heavy atom. The molecule has 0 saturated heterocycles. The van der Waals surface area contributed by atoms with Crippen LogP contribution in [0.2, 0.25) is 0 Å². The van der Waals surface area contributed by atoms with Gasteiger partial charge >= 0.3 is 0 Å². The number of thiazole rings is 1. The van der Waals surface area contributed by atoms with E-state index in [-0.39, 0.29) is 0 Å². The van der Waals surface area contributed by atoms with E-state index >= 15 is 0 Å². The van der Waals surface area contributed by atoms with Gasteiger partial charge in [0.25, 0.3) is 0 Å². The van der Waals surface area contributed by atoms with E-state index in [1.54, 1.807) is 7.11 Å². The number of nitriles is 1. The minimum atomic E-state index is 0.481. The second-order valence-electron chi connectivity index (χ2n) is 4.92. The van der Waals surface area contributed by atoms with Crippen molar-refractivity contribution in [1.82, 2.24) is 4.98 Å². The molecule has 1 heterocycles. The number of ether oxygens (including phenoxy) is 2. The molecule has 3 rings (SSSR count). The number of hydrogen-bond donors (Lipinski definition) is 0. The second-order valence-corrected chi connectivity index (χ2v) is 5.92. The van der Waals surface area contributed by atoms with E-state index in [0.29, 0.717) is 24.0 Å². The van der Waals surface area contributed by atoms with Crippen molar-refractivity contribution in [2.45, 2.75) is 25.7 Å². The van der Waals surface area contributed by atoms with Crippen LogP contribution < -0.4 is 9.47 Å². The fourth-order valence-corrected chi connectivity index (χ4v) is 3.19. The Kier molecular flexibility index (Phi) is 3.80. The molecule has 0 N–H and O–H groups in total. The Hall–Kier alpha value is -2.06. The normalized spacial score (nSPS) is 13.8. The smallest absolute Gasteiger partial charge is 0.161 e. The van der Waals surface area contributed by atoms with Gasteiger partial charge in [-0.1, -0.05) is 0 Å². The summed E-state index contributed by atoms with van der Waals surface area (Å²) < 4.78 is 10.9. The average Bonchev–Trinajstić information content (AvgIpc) is 3.26. The van der Waals surface area contributed by atoms with Gasteiger partial charge in [0.15, 0.2) is 11.5 Å². The molecule has 1 fully saturated rings. The number of aromatic nitrogens is 1. The highest BCUT2D eigenvalue weighted by Crippen LogP contribution is 2.44. The van der Waals surface area contributed by atoms with Gasteiger partial charge in [-0.2, -0.15) is 5.26 Å². The molecule has 1 aromatic carbocycles. The van der Waals surface area contributed by atoms with Crippen LogP contribution in [-0.2, 0) is 0 Å². The third kappa shape index (κ3) is 2.72. The molecule has 0 aliphatic heterocycles. The molecule has 1 aromatic heterocycles. The summed E-state index contributed by atoms with van der Waals surface area (Å²) in [4.78, 5) is 5.41. The summed E-state index contributed by atoms with van der Waals surface area (Å²) in [6.45, 7) is 2.52. The van der Waals surface area contributed by atoms with Crippen molar-refractivity contribution in [3.8, 4) is 28.1 Å². The molecule has 21 heavy (non-hydrogen) atoms. The van der Waals surface area contributed by atoms with Crippen LogP contribution in [0.3, 0.4) is 0 Å². The van der Waals surface area contributed by atoms with Crippen molar-refractivity contribution in [3.05, 3.63) is 28.8 Å². The van der Waals surface area contributed by atoms with Crippen LogP contribution in [0, 0.1) is 11.3 Å². The molecule has 0 radical (unpaired) electrons. The van der Waals surface area contributed by atoms with Crippen molar-refractivity contribution >= 4 is 11.3 Å². The lowest BCUT2D eigenvalue weighted by Crippen LogP contribution is -1.95. The van der Waals surface area contributed by atoms with Crippen molar-refractivity contribution in [1.29, 1.82) is 5.26 Å². The first kappa shape index (κ1) is 13.9. The van der Waals surface area contributed by atoms with Gasteiger partial charge in [-0.15, -0.1) is 11.3 Å². The van der Waals surface area contributed by atoms with Gasteiger partial charge in [-0.05, 0) is 38.0 Å². The number of rotatable bonds is 5. The van der Waals surface area contributed by atoms with Gasteiger partial charge in [0.1, 0.15) is 16.0 Å². The van der Waals surface area contributed by atoms with E-state index in [0.717, 1.165) is 34.0 Å². The first-order chi connectivity index (χ1) is 10.3. The van der Waals surface area contributed by atoms with Gasteiger partial charge in [0.2, 0.25) is 0 Å². The summed E-state index contributed by atoms with van der Waals surface area (Å²) in [5.74, 6) is 1.90. The average molecular weight is 300 g/mol. The fraction of sp³-hybridized carbons (Fsp3) is 0.375. The predicted octanol–water partition coefficient (Wildman–Crippen LogP) is 3.97. The minimum Gasteiger partial charge on any atom is -0.493 e. The molecule has 0 spiro atoms. The highest BCUT2D eigenvalue weighted by Gasteiger charge is 2.30. The lowest BCUT2D eigenvalue weighted by molar-refractivity contribution is 0.311. The maximum absolute atomic E-state index is 9.25.